The summed E-state index contributed by atoms with van der Waals surface area (Å²) in [6, 6.07) is 7.74. The first-order chi connectivity index (χ1) is 19.3. The van der Waals surface area contributed by atoms with Gasteiger partial charge in [0.1, 0.15) is 11.6 Å². The number of hydrogen-bond donors (Lipinski definition) is 0. The van der Waals surface area contributed by atoms with Crippen molar-refractivity contribution in [2.24, 2.45) is 5.92 Å². The van der Waals surface area contributed by atoms with Crippen molar-refractivity contribution < 1.29 is 31.9 Å². The summed E-state index contributed by atoms with van der Waals surface area (Å²) in [5.74, 6) is -2.12. The Labute approximate surface area is 246 Å². The summed E-state index contributed by atoms with van der Waals surface area (Å²) in [4.78, 5) is 32.1. The minimum atomic E-state index is -4.72. The van der Waals surface area contributed by atoms with Gasteiger partial charge in [0.2, 0.25) is 5.91 Å². The molecule has 0 bridgehead atoms. The van der Waals surface area contributed by atoms with E-state index in [4.69, 9.17) is 27.9 Å². The Kier molecular flexibility index (Phi) is 9.56. The number of benzene rings is 2. The average molecular weight is 616 g/mol. The van der Waals surface area contributed by atoms with Gasteiger partial charge in [-0.05, 0) is 61.8 Å². The number of amides is 2. The lowest BCUT2D eigenvalue weighted by Crippen LogP contribution is -2.44. The third kappa shape index (κ3) is 6.98. The Morgan fingerprint density at radius 3 is 2.34 bits per heavy atom. The van der Waals surface area contributed by atoms with Gasteiger partial charge in [0.25, 0.3) is 5.91 Å². The van der Waals surface area contributed by atoms with E-state index in [1.807, 2.05) is 4.90 Å². The molecule has 2 aliphatic rings. The van der Waals surface area contributed by atoms with Gasteiger partial charge in [-0.15, -0.1) is 0 Å². The van der Waals surface area contributed by atoms with Crippen molar-refractivity contribution in [1.82, 2.24) is 14.7 Å². The molecule has 0 radical (unpaired) electrons. The second-order valence-electron chi connectivity index (χ2n) is 10.5. The van der Waals surface area contributed by atoms with Crippen LogP contribution in [0.2, 0.25) is 10.0 Å². The number of piperidine rings is 1. The normalized spacial score (nSPS) is 20.2. The topological polar surface area (TPSA) is 53.1 Å². The highest BCUT2D eigenvalue weighted by Gasteiger charge is 2.43. The maximum Gasteiger partial charge on any atom is 0.419 e. The molecular formula is C29H31Cl2F4N3O3. The van der Waals surface area contributed by atoms with Crippen molar-refractivity contribution in [3.63, 3.8) is 0 Å². The third-order valence-corrected chi connectivity index (χ3v) is 8.61. The molecule has 0 aromatic heterocycles. The van der Waals surface area contributed by atoms with Crippen LogP contribution in [0, 0.1) is 5.92 Å². The van der Waals surface area contributed by atoms with Crippen LogP contribution in [0.5, 0.6) is 5.75 Å². The smallest absolute Gasteiger partial charge is 0.419 e. The molecule has 0 spiro atoms. The zero-order chi connectivity index (χ0) is 30.1. The van der Waals surface area contributed by atoms with Crippen LogP contribution < -0.4 is 4.74 Å². The quantitative estimate of drug-likeness (QED) is 0.344. The summed E-state index contributed by atoms with van der Waals surface area (Å²) in [5, 5.41) is 0.663. The van der Waals surface area contributed by atoms with Crippen LogP contribution in [0.3, 0.4) is 0 Å². The molecule has 0 saturated carbocycles. The van der Waals surface area contributed by atoms with Gasteiger partial charge >= 0.3 is 6.18 Å². The lowest BCUT2D eigenvalue weighted by molar-refractivity contribution is -0.139. The molecule has 222 valence electrons. The number of rotatable bonds is 7. The number of carbonyl (C=O) groups is 2. The minimum absolute atomic E-state index is 0.0686. The molecule has 2 unspecified atom stereocenters. The van der Waals surface area contributed by atoms with Gasteiger partial charge in [-0.25, -0.2) is 4.39 Å². The number of hydrogen-bond acceptors (Lipinski definition) is 4. The number of likely N-dealkylation sites (tertiary alicyclic amines) is 2. The van der Waals surface area contributed by atoms with Crippen LogP contribution in [-0.2, 0) is 11.0 Å². The summed E-state index contributed by atoms with van der Waals surface area (Å²) in [7, 11) is 2.65. The molecule has 2 aliphatic heterocycles. The Bertz CT molecular complexity index is 1310. The SMILES string of the molecule is C=C(F)CN1CCC(C(=O)N2CC(c3ccc(Cl)c(Cl)c3)C(N(C)C(=O)c3ccc(OC)c(C(F)(F)F)c3)C2)CC1. The molecule has 12 heteroatoms. The van der Waals surface area contributed by atoms with Crippen LogP contribution >= 0.6 is 23.2 Å². The molecule has 2 aromatic carbocycles. The molecular weight excluding hydrogens is 585 g/mol. The van der Waals surface area contributed by atoms with Gasteiger partial charge in [0.05, 0.1) is 28.8 Å². The summed E-state index contributed by atoms with van der Waals surface area (Å²) in [5.41, 5.74) is -0.451. The molecule has 0 aliphatic carbocycles. The molecule has 4 rings (SSSR count). The van der Waals surface area contributed by atoms with E-state index in [1.165, 1.54) is 18.0 Å². The van der Waals surface area contributed by atoms with E-state index in [-0.39, 0.29) is 48.7 Å². The van der Waals surface area contributed by atoms with E-state index < -0.39 is 29.5 Å². The summed E-state index contributed by atoms with van der Waals surface area (Å²) < 4.78 is 59.0. The number of halogens is 6. The van der Waals surface area contributed by atoms with Crippen molar-refractivity contribution in [3.05, 3.63) is 75.5 Å². The Morgan fingerprint density at radius 1 is 1.07 bits per heavy atom. The van der Waals surface area contributed by atoms with Crippen LogP contribution in [-0.4, -0.2) is 79.4 Å². The van der Waals surface area contributed by atoms with Crippen molar-refractivity contribution in [2.75, 3.05) is 46.9 Å². The number of methoxy groups -OCH3 is 1. The predicted octanol–water partition coefficient (Wildman–Crippen LogP) is 6.28. The summed E-state index contributed by atoms with van der Waals surface area (Å²) >= 11 is 12.4. The number of alkyl halides is 3. The maximum absolute atomic E-state index is 13.6. The minimum Gasteiger partial charge on any atom is -0.496 e. The lowest BCUT2D eigenvalue weighted by atomic mass is 9.93. The van der Waals surface area contributed by atoms with Crippen LogP contribution in [0.25, 0.3) is 0 Å². The average Bonchev–Trinajstić information content (AvgIpc) is 3.38. The van der Waals surface area contributed by atoms with E-state index in [9.17, 15) is 27.2 Å². The second kappa shape index (κ2) is 12.6. The molecule has 2 atom stereocenters. The highest BCUT2D eigenvalue weighted by molar-refractivity contribution is 6.42. The highest BCUT2D eigenvalue weighted by atomic mass is 35.5. The van der Waals surface area contributed by atoms with Gasteiger partial charge < -0.3 is 14.5 Å². The molecule has 41 heavy (non-hydrogen) atoms. The fourth-order valence-corrected chi connectivity index (χ4v) is 5.99. The number of carbonyl (C=O) groups excluding carboxylic acids is 2. The zero-order valence-corrected chi connectivity index (χ0v) is 24.2. The first kappa shape index (κ1) is 31.1. The molecule has 0 N–H and O–H groups in total. The molecule has 2 saturated heterocycles. The summed E-state index contributed by atoms with van der Waals surface area (Å²) in [6.45, 7) is 5.04. The number of likely N-dealkylation sites (N-methyl/N-ethyl adjacent to an activating group) is 1. The summed E-state index contributed by atoms with van der Waals surface area (Å²) in [6.07, 6.45) is -3.59. The number of ether oxygens (including phenoxy) is 1. The second-order valence-corrected chi connectivity index (χ2v) is 11.3. The van der Waals surface area contributed by atoms with Gasteiger partial charge in [0, 0.05) is 44.1 Å². The van der Waals surface area contributed by atoms with E-state index >= 15 is 0 Å². The van der Waals surface area contributed by atoms with E-state index in [2.05, 4.69) is 6.58 Å². The fourth-order valence-electron chi connectivity index (χ4n) is 5.69. The molecule has 2 aromatic rings. The van der Waals surface area contributed by atoms with Crippen molar-refractivity contribution >= 4 is 35.0 Å². The Morgan fingerprint density at radius 2 is 1.76 bits per heavy atom. The Balaban J connectivity index is 1.59. The van der Waals surface area contributed by atoms with Crippen LogP contribution in [0.4, 0.5) is 17.6 Å². The molecule has 2 heterocycles. The first-order valence-electron chi connectivity index (χ1n) is 13.1. The largest absolute Gasteiger partial charge is 0.496 e. The molecule has 6 nitrogen and oxygen atoms in total. The van der Waals surface area contributed by atoms with Crippen molar-refractivity contribution in [1.29, 1.82) is 0 Å². The van der Waals surface area contributed by atoms with Crippen molar-refractivity contribution in [2.45, 2.75) is 31.0 Å². The zero-order valence-electron chi connectivity index (χ0n) is 22.7. The predicted molar refractivity (Wildman–Crippen MR) is 149 cm³/mol. The fraction of sp³-hybridized carbons (Fsp3) is 0.448. The maximum atomic E-state index is 13.6. The Hall–Kier alpha value is -2.82. The molecule has 2 fully saturated rings. The van der Waals surface area contributed by atoms with E-state index in [0.717, 1.165) is 24.8 Å². The third-order valence-electron chi connectivity index (χ3n) is 7.87. The van der Waals surface area contributed by atoms with Crippen LogP contribution in [0.15, 0.2) is 48.8 Å². The first-order valence-corrected chi connectivity index (χ1v) is 13.9. The standard InChI is InChI=1S/C29H31Cl2F4N3O3/c1-17(32)14-37-10-8-18(9-11-37)28(40)38-15-21(19-4-6-23(30)24(31)13-19)25(16-38)36(2)27(39)20-5-7-26(41-3)22(12-20)29(33,34)35/h4-7,12-13,18,21,25H,1,8-11,14-16H2,2-3H3. The van der Waals surface area contributed by atoms with Crippen LogP contribution in [0.1, 0.15) is 40.2 Å². The monoisotopic (exact) mass is 615 g/mol. The lowest BCUT2D eigenvalue weighted by Gasteiger charge is -2.33. The highest BCUT2D eigenvalue weighted by Crippen LogP contribution is 2.39. The van der Waals surface area contributed by atoms with E-state index in [0.29, 0.717) is 36.0 Å². The van der Waals surface area contributed by atoms with E-state index in [1.54, 1.807) is 23.1 Å². The van der Waals surface area contributed by atoms with Gasteiger partial charge in [-0.2, -0.15) is 13.2 Å². The van der Waals surface area contributed by atoms with Gasteiger partial charge in [-0.3, -0.25) is 14.5 Å². The molecule has 2 amide bonds. The number of nitrogens with zero attached hydrogens (tertiary/aromatic N) is 3. The van der Waals surface area contributed by atoms with Gasteiger partial charge in [-0.1, -0.05) is 35.8 Å². The van der Waals surface area contributed by atoms with Gasteiger partial charge in [0.15, 0.2) is 0 Å². The van der Waals surface area contributed by atoms with Crippen molar-refractivity contribution in [3.8, 4) is 5.75 Å².